The summed E-state index contributed by atoms with van der Waals surface area (Å²) in [4.78, 5) is 27.2. The number of aryl methyl sites for hydroxylation is 1. The van der Waals surface area contributed by atoms with Gasteiger partial charge in [0.2, 0.25) is 0 Å². The van der Waals surface area contributed by atoms with Crippen molar-refractivity contribution in [3.63, 3.8) is 0 Å². The lowest BCUT2D eigenvalue weighted by atomic mass is 10.0. The molecule has 192 valence electrons. The van der Waals surface area contributed by atoms with Gasteiger partial charge < -0.3 is 9.47 Å². The quantitative estimate of drug-likeness (QED) is 0.241. The van der Waals surface area contributed by atoms with Crippen LogP contribution in [0.5, 0.6) is 11.5 Å². The van der Waals surface area contributed by atoms with Crippen molar-refractivity contribution in [2.75, 3.05) is 13.2 Å². The van der Waals surface area contributed by atoms with Crippen LogP contribution >= 0.6 is 27.7 Å². The summed E-state index contributed by atoms with van der Waals surface area (Å²) >= 11 is 4.35. The molecule has 0 bridgehead atoms. The maximum Gasteiger partial charge on any atom is 0.293 e. The van der Waals surface area contributed by atoms with Crippen LogP contribution in [-0.2, 0) is 11.4 Å². The van der Waals surface area contributed by atoms with E-state index >= 15 is 0 Å². The zero-order valence-corrected chi connectivity index (χ0v) is 23.2. The molecule has 0 spiro atoms. The van der Waals surface area contributed by atoms with Crippen LogP contribution < -0.4 is 9.47 Å². The first kappa shape index (κ1) is 26.9. The average molecular weight is 585 g/mol. The Hall–Kier alpha value is -3.10. The fraction of sp³-hybridized carbons (Fsp3) is 0.241. The number of ether oxygens (including phenoxy) is 2. The average Bonchev–Trinajstić information content (AvgIpc) is 3.12. The number of imide groups is 1. The van der Waals surface area contributed by atoms with Gasteiger partial charge in [0.1, 0.15) is 30.5 Å². The van der Waals surface area contributed by atoms with Gasteiger partial charge in [-0.1, -0.05) is 54.0 Å². The lowest BCUT2D eigenvalue weighted by Crippen LogP contribution is -2.32. The molecule has 2 amide bonds. The molecule has 3 aromatic carbocycles. The van der Waals surface area contributed by atoms with E-state index in [9.17, 15) is 14.0 Å². The molecular formula is C29H27BrFNO4S. The minimum absolute atomic E-state index is 0.153. The standard InChI is InChI=1S/C29H27BrFNO4S/c1-18(2)24-10-4-19(3)14-26(24)35-13-12-32-28(33)27(37-29(32)34)16-21-15-22(30)7-11-25(21)36-17-20-5-8-23(31)9-6-20/h4-11,14-16,18H,12-13,17H2,1-3H3/b27-16-. The van der Waals surface area contributed by atoms with Crippen LogP contribution in [0.15, 0.2) is 70.0 Å². The van der Waals surface area contributed by atoms with Gasteiger partial charge in [-0.2, -0.15) is 0 Å². The van der Waals surface area contributed by atoms with E-state index in [4.69, 9.17) is 9.47 Å². The molecule has 8 heteroatoms. The second-order valence-electron chi connectivity index (χ2n) is 8.98. The maximum absolute atomic E-state index is 13.2. The van der Waals surface area contributed by atoms with Crippen LogP contribution in [-0.4, -0.2) is 29.2 Å². The van der Waals surface area contributed by atoms with Crippen LogP contribution in [0, 0.1) is 12.7 Å². The lowest BCUT2D eigenvalue weighted by Gasteiger charge is -2.17. The third kappa shape index (κ3) is 6.81. The Labute approximate surface area is 228 Å². The van der Waals surface area contributed by atoms with E-state index in [1.54, 1.807) is 24.3 Å². The predicted molar refractivity (Wildman–Crippen MR) is 148 cm³/mol. The topological polar surface area (TPSA) is 55.8 Å². The number of carbonyl (C=O) groups excluding carboxylic acids is 2. The summed E-state index contributed by atoms with van der Waals surface area (Å²) in [5, 5.41) is -0.336. The SMILES string of the molecule is Cc1ccc(C(C)C)c(OCCN2C(=O)S/C(=C\c3cc(Br)ccc3OCc3ccc(F)cc3)C2=O)c1. The molecular weight excluding hydrogens is 557 g/mol. The fourth-order valence-corrected chi connectivity index (χ4v) is 5.06. The molecule has 0 atom stereocenters. The Kier molecular flexibility index (Phi) is 8.71. The van der Waals surface area contributed by atoms with Crippen molar-refractivity contribution < 1.29 is 23.5 Å². The molecule has 0 unspecified atom stereocenters. The number of benzene rings is 3. The van der Waals surface area contributed by atoms with Gasteiger partial charge in [-0.3, -0.25) is 14.5 Å². The lowest BCUT2D eigenvalue weighted by molar-refractivity contribution is -0.123. The van der Waals surface area contributed by atoms with Gasteiger partial charge in [-0.15, -0.1) is 0 Å². The van der Waals surface area contributed by atoms with E-state index in [2.05, 4.69) is 29.8 Å². The molecule has 1 aliphatic heterocycles. The second kappa shape index (κ2) is 12.0. The monoisotopic (exact) mass is 583 g/mol. The largest absolute Gasteiger partial charge is 0.491 e. The molecule has 3 aromatic rings. The predicted octanol–water partition coefficient (Wildman–Crippen LogP) is 7.71. The zero-order chi connectivity index (χ0) is 26.5. The summed E-state index contributed by atoms with van der Waals surface area (Å²) in [6.45, 7) is 6.78. The second-order valence-corrected chi connectivity index (χ2v) is 10.9. The van der Waals surface area contributed by atoms with Crippen molar-refractivity contribution in [2.24, 2.45) is 0 Å². The molecule has 0 aromatic heterocycles. The Morgan fingerprint density at radius 1 is 1.00 bits per heavy atom. The van der Waals surface area contributed by atoms with E-state index in [1.165, 1.54) is 17.0 Å². The molecule has 0 saturated carbocycles. The van der Waals surface area contributed by atoms with Crippen LogP contribution in [0.3, 0.4) is 0 Å². The number of rotatable bonds is 9. The number of hydrogen-bond donors (Lipinski definition) is 0. The number of hydrogen-bond acceptors (Lipinski definition) is 5. The van der Waals surface area contributed by atoms with Gasteiger partial charge in [0.25, 0.3) is 11.1 Å². The number of thioether (sulfide) groups is 1. The molecule has 0 N–H and O–H groups in total. The highest BCUT2D eigenvalue weighted by atomic mass is 79.9. The minimum Gasteiger partial charge on any atom is -0.491 e. The number of carbonyl (C=O) groups is 2. The van der Waals surface area contributed by atoms with Crippen molar-refractivity contribution in [3.8, 4) is 11.5 Å². The van der Waals surface area contributed by atoms with Crippen molar-refractivity contribution in [3.05, 3.63) is 98.1 Å². The molecule has 1 aliphatic rings. The Morgan fingerprint density at radius 3 is 2.49 bits per heavy atom. The smallest absolute Gasteiger partial charge is 0.293 e. The highest BCUT2D eigenvalue weighted by Gasteiger charge is 2.35. The van der Waals surface area contributed by atoms with Crippen LogP contribution in [0.1, 0.15) is 42.0 Å². The van der Waals surface area contributed by atoms with E-state index in [1.807, 2.05) is 37.3 Å². The number of halogens is 2. The van der Waals surface area contributed by atoms with E-state index in [-0.39, 0.29) is 36.7 Å². The third-order valence-corrected chi connectivity index (χ3v) is 7.20. The Balaban J connectivity index is 1.45. The summed E-state index contributed by atoms with van der Waals surface area (Å²) in [5.41, 5.74) is 3.63. The Bertz CT molecular complexity index is 1340. The van der Waals surface area contributed by atoms with Gasteiger partial charge in [0.15, 0.2) is 0 Å². The molecule has 1 heterocycles. The molecule has 1 saturated heterocycles. The van der Waals surface area contributed by atoms with E-state index < -0.39 is 0 Å². The molecule has 0 aliphatic carbocycles. The summed E-state index contributed by atoms with van der Waals surface area (Å²) in [6, 6.07) is 17.6. The molecule has 1 fully saturated rings. The molecule has 5 nitrogen and oxygen atoms in total. The summed E-state index contributed by atoms with van der Waals surface area (Å²) < 4.78 is 25.9. The van der Waals surface area contributed by atoms with Gasteiger partial charge in [0.05, 0.1) is 11.4 Å². The van der Waals surface area contributed by atoms with Gasteiger partial charge in [-0.05, 0) is 83.8 Å². The summed E-state index contributed by atoms with van der Waals surface area (Å²) in [5.74, 6) is 0.933. The number of amides is 2. The highest BCUT2D eigenvalue weighted by molar-refractivity contribution is 9.10. The first-order valence-corrected chi connectivity index (χ1v) is 13.5. The van der Waals surface area contributed by atoms with Crippen molar-refractivity contribution >= 4 is 44.9 Å². The van der Waals surface area contributed by atoms with Crippen LogP contribution in [0.2, 0.25) is 0 Å². The third-order valence-electron chi connectivity index (χ3n) is 5.80. The fourth-order valence-electron chi connectivity index (χ4n) is 3.83. The number of nitrogens with zero attached hydrogens (tertiary/aromatic N) is 1. The van der Waals surface area contributed by atoms with Gasteiger partial charge in [0, 0.05) is 10.0 Å². The summed E-state index contributed by atoms with van der Waals surface area (Å²) in [6.07, 6.45) is 1.66. The van der Waals surface area contributed by atoms with Gasteiger partial charge in [-0.25, -0.2) is 4.39 Å². The Morgan fingerprint density at radius 2 is 1.76 bits per heavy atom. The normalized spacial score (nSPS) is 14.6. The first-order chi connectivity index (χ1) is 17.7. The molecule has 37 heavy (non-hydrogen) atoms. The van der Waals surface area contributed by atoms with Crippen molar-refractivity contribution in [2.45, 2.75) is 33.3 Å². The van der Waals surface area contributed by atoms with Crippen LogP contribution in [0.25, 0.3) is 6.08 Å². The van der Waals surface area contributed by atoms with Crippen LogP contribution in [0.4, 0.5) is 9.18 Å². The summed E-state index contributed by atoms with van der Waals surface area (Å²) in [7, 11) is 0. The zero-order valence-electron chi connectivity index (χ0n) is 20.8. The molecule has 4 rings (SSSR count). The van der Waals surface area contributed by atoms with Gasteiger partial charge >= 0.3 is 0 Å². The minimum atomic E-state index is -0.364. The highest BCUT2D eigenvalue weighted by Crippen LogP contribution is 2.35. The van der Waals surface area contributed by atoms with E-state index in [0.29, 0.717) is 22.1 Å². The molecule has 0 radical (unpaired) electrons. The van der Waals surface area contributed by atoms with E-state index in [0.717, 1.165) is 38.7 Å². The first-order valence-electron chi connectivity index (χ1n) is 11.9. The van der Waals surface area contributed by atoms with Crippen molar-refractivity contribution in [1.29, 1.82) is 0 Å². The van der Waals surface area contributed by atoms with Crippen molar-refractivity contribution in [1.82, 2.24) is 4.90 Å². The maximum atomic E-state index is 13.2.